The molecule has 0 aliphatic rings. The van der Waals surface area contributed by atoms with Crippen molar-refractivity contribution in [3.8, 4) is 0 Å². The summed E-state index contributed by atoms with van der Waals surface area (Å²) in [5.74, 6) is 0. The molecule has 3 heteroatoms. The lowest BCUT2D eigenvalue weighted by Gasteiger charge is -2.22. The van der Waals surface area contributed by atoms with Gasteiger partial charge in [-0.05, 0) is 44.9 Å². The lowest BCUT2D eigenvalue weighted by atomic mass is 10.1. The number of benzene rings is 1. The summed E-state index contributed by atoms with van der Waals surface area (Å²) in [6.45, 7) is 11.2. The second-order valence-corrected chi connectivity index (χ2v) is 5.24. The average Bonchev–Trinajstić information content (AvgIpc) is 2.26. The van der Waals surface area contributed by atoms with E-state index in [1.807, 2.05) is 52.0 Å². The van der Waals surface area contributed by atoms with Crippen LogP contribution in [0, 0.1) is 0 Å². The number of alkyl carbamates (subject to hydrolysis) is 1. The van der Waals surface area contributed by atoms with Crippen LogP contribution in [0.5, 0.6) is 0 Å². The van der Waals surface area contributed by atoms with Gasteiger partial charge in [-0.15, -0.1) is 0 Å². The molecule has 0 fully saturated rings. The number of ether oxygens (including phenoxy) is 1. The maximum atomic E-state index is 11.6. The minimum absolute atomic E-state index is 0.0975. The molecule has 1 aromatic carbocycles. The molecule has 0 aromatic heterocycles. The van der Waals surface area contributed by atoms with Crippen LogP contribution in [0.4, 0.5) is 4.79 Å². The summed E-state index contributed by atoms with van der Waals surface area (Å²) in [6.07, 6.45) is 1.38. The van der Waals surface area contributed by atoms with Gasteiger partial charge in [0.2, 0.25) is 0 Å². The Balaban J connectivity index is 2.67. The fourth-order valence-electron chi connectivity index (χ4n) is 1.52. The molecule has 0 aliphatic heterocycles. The maximum absolute atomic E-state index is 11.6. The third-order valence-corrected chi connectivity index (χ3v) is 2.38. The van der Waals surface area contributed by atoms with Crippen molar-refractivity contribution >= 4 is 12.2 Å². The van der Waals surface area contributed by atoms with Gasteiger partial charge in [0.05, 0.1) is 6.04 Å². The van der Waals surface area contributed by atoms with Crippen LogP contribution in [0.3, 0.4) is 0 Å². The van der Waals surface area contributed by atoms with E-state index in [1.165, 1.54) is 0 Å². The molecule has 98 valence electrons. The zero-order chi connectivity index (χ0) is 13.8. The number of hydrogen-bond donors (Lipinski definition) is 1. The highest BCUT2D eigenvalue weighted by Crippen LogP contribution is 2.16. The van der Waals surface area contributed by atoms with Crippen molar-refractivity contribution < 1.29 is 9.53 Å². The Hall–Kier alpha value is -1.77. The van der Waals surface area contributed by atoms with E-state index in [0.717, 1.165) is 11.1 Å². The van der Waals surface area contributed by atoms with Gasteiger partial charge in [0.1, 0.15) is 5.60 Å². The van der Waals surface area contributed by atoms with E-state index in [1.54, 1.807) is 6.08 Å². The van der Waals surface area contributed by atoms with E-state index in [-0.39, 0.29) is 6.04 Å². The first-order chi connectivity index (χ1) is 8.31. The molecule has 1 atom stereocenters. The third kappa shape index (κ3) is 4.62. The minimum atomic E-state index is -0.479. The molecule has 0 saturated heterocycles. The van der Waals surface area contributed by atoms with E-state index >= 15 is 0 Å². The van der Waals surface area contributed by atoms with Crippen LogP contribution in [0.2, 0.25) is 0 Å². The normalized spacial score (nSPS) is 12.7. The van der Waals surface area contributed by atoms with Gasteiger partial charge in [0.25, 0.3) is 0 Å². The molecule has 1 aromatic rings. The summed E-state index contributed by atoms with van der Waals surface area (Å²) in [6, 6.07) is 7.78. The van der Waals surface area contributed by atoms with Gasteiger partial charge >= 0.3 is 6.09 Å². The van der Waals surface area contributed by atoms with Crippen molar-refractivity contribution in [2.24, 2.45) is 0 Å². The largest absolute Gasteiger partial charge is 0.444 e. The first kappa shape index (κ1) is 14.3. The van der Waals surface area contributed by atoms with Crippen LogP contribution in [0.25, 0.3) is 6.08 Å². The van der Waals surface area contributed by atoms with Crippen molar-refractivity contribution in [1.82, 2.24) is 5.32 Å². The van der Waals surface area contributed by atoms with Gasteiger partial charge in [-0.3, -0.25) is 0 Å². The predicted molar refractivity (Wildman–Crippen MR) is 74.3 cm³/mol. The summed E-state index contributed by atoms with van der Waals surface area (Å²) < 4.78 is 5.22. The van der Waals surface area contributed by atoms with Gasteiger partial charge in [-0.1, -0.05) is 30.9 Å². The van der Waals surface area contributed by atoms with E-state index in [2.05, 4.69) is 11.9 Å². The van der Waals surface area contributed by atoms with Gasteiger partial charge < -0.3 is 10.1 Å². The van der Waals surface area contributed by atoms with Crippen LogP contribution in [-0.4, -0.2) is 11.7 Å². The summed E-state index contributed by atoms with van der Waals surface area (Å²) in [4.78, 5) is 11.6. The van der Waals surface area contributed by atoms with E-state index in [4.69, 9.17) is 4.74 Å². The van der Waals surface area contributed by atoms with E-state index < -0.39 is 11.7 Å². The van der Waals surface area contributed by atoms with Crippen LogP contribution >= 0.6 is 0 Å². The van der Waals surface area contributed by atoms with Crippen molar-refractivity contribution in [3.05, 3.63) is 42.0 Å². The molecule has 0 bridgehead atoms. The number of hydrogen-bond acceptors (Lipinski definition) is 2. The quantitative estimate of drug-likeness (QED) is 0.879. The molecule has 1 rings (SSSR count). The predicted octanol–water partition coefficient (Wildman–Crippen LogP) is 3.92. The molecule has 0 aliphatic carbocycles. The van der Waals surface area contributed by atoms with Crippen LogP contribution in [0.1, 0.15) is 44.9 Å². The summed E-state index contributed by atoms with van der Waals surface area (Å²) in [5, 5.41) is 2.81. The Morgan fingerprint density at radius 1 is 1.44 bits per heavy atom. The second-order valence-electron chi connectivity index (χ2n) is 5.24. The summed E-state index contributed by atoms with van der Waals surface area (Å²) in [5.41, 5.74) is 1.58. The average molecular weight is 247 g/mol. The SMILES string of the molecule is C=Cc1cccc([C@@H](C)NC(=O)OC(C)(C)C)c1. The highest BCUT2D eigenvalue weighted by Gasteiger charge is 2.18. The fraction of sp³-hybridized carbons (Fsp3) is 0.400. The number of rotatable bonds is 3. The van der Waals surface area contributed by atoms with Crippen LogP contribution in [-0.2, 0) is 4.74 Å². The molecule has 1 N–H and O–H groups in total. The van der Waals surface area contributed by atoms with Crippen molar-refractivity contribution in [1.29, 1.82) is 0 Å². The van der Waals surface area contributed by atoms with Gasteiger partial charge in [0.15, 0.2) is 0 Å². The first-order valence-electron chi connectivity index (χ1n) is 6.04. The third-order valence-electron chi connectivity index (χ3n) is 2.38. The molecule has 0 unspecified atom stereocenters. The standard InChI is InChI=1S/C15H21NO2/c1-6-12-8-7-9-13(10-12)11(2)16-14(17)18-15(3,4)5/h6-11H,1H2,2-5H3,(H,16,17)/t11-/m1/s1. The highest BCUT2D eigenvalue weighted by atomic mass is 16.6. The zero-order valence-corrected chi connectivity index (χ0v) is 11.5. The first-order valence-corrected chi connectivity index (χ1v) is 6.04. The Labute approximate surface area is 109 Å². The summed E-state index contributed by atoms with van der Waals surface area (Å²) >= 11 is 0. The molecule has 18 heavy (non-hydrogen) atoms. The Morgan fingerprint density at radius 3 is 2.67 bits per heavy atom. The zero-order valence-electron chi connectivity index (χ0n) is 11.5. The molecule has 3 nitrogen and oxygen atoms in total. The molecule has 0 radical (unpaired) electrons. The number of carbonyl (C=O) groups excluding carboxylic acids is 1. The lowest BCUT2D eigenvalue weighted by Crippen LogP contribution is -2.34. The number of carbonyl (C=O) groups is 1. The Morgan fingerprint density at radius 2 is 2.11 bits per heavy atom. The van der Waals surface area contributed by atoms with Crippen molar-refractivity contribution in [2.75, 3.05) is 0 Å². The maximum Gasteiger partial charge on any atom is 0.408 e. The number of nitrogens with one attached hydrogen (secondary N) is 1. The Kier molecular flexibility index (Phi) is 4.54. The topological polar surface area (TPSA) is 38.3 Å². The summed E-state index contributed by atoms with van der Waals surface area (Å²) in [7, 11) is 0. The van der Waals surface area contributed by atoms with Crippen LogP contribution in [0.15, 0.2) is 30.8 Å². The Bertz CT molecular complexity index is 432. The van der Waals surface area contributed by atoms with Crippen molar-refractivity contribution in [3.63, 3.8) is 0 Å². The number of amides is 1. The van der Waals surface area contributed by atoms with Gasteiger partial charge in [0, 0.05) is 0 Å². The second kappa shape index (κ2) is 5.71. The molecule has 1 amide bonds. The van der Waals surface area contributed by atoms with Gasteiger partial charge in [-0.2, -0.15) is 0 Å². The highest BCUT2D eigenvalue weighted by molar-refractivity contribution is 5.68. The van der Waals surface area contributed by atoms with Crippen LogP contribution < -0.4 is 5.32 Å². The minimum Gasteiger partial charge on any atom is -0.444 e. The monoisotopic (exact) mass is 247 g/mol. The smallest absolute Gasteiger partial charge is 0.408 e. The molecular weight excluding hydrogens is 226 g/mol. The molecular formula is C15H21NO2. The van der Waals surface area contributed by atoms with Crippen molar-refractivity contribution in [2.45, 2.75) is 39.3 Å². The van der Waals surface area contributed by atoms with E-state index in [9.17, 15) is 4.79 Å². The van der Waals surface area contributed by atoms with Gasteiger partial charge in [-0.25, -0.2) is 4.79 Å². The van der Waals surface area contributed by atoms with E-state index in [0.29, 0.717) is 0 Å². The fourth-order valence-corrected chi connectivity index (χ4v) is 1.52. The molecule has 0 heterocycles. The lowest BCUT2D eigenvalue weighted by molar-refractivity contribution is 0.0508. The molecule has 0 spiro atoms. The molecule has 0 saturated carbocycles.